The number of nitrogens with zero attached hydrogens (tertiary/aromatic N) is 1. The van der Waals surface area contributed by atoms with Crippen LogP contribution in [-0.2, 0) is 14.3 Å². The molecule has 0 amide bonds. The monoisotopic (exact) mass is 307 g/mol. The highest BCUT2D eigenvalue weighted by atomic mass is 19.1. The van der Waals surface area contributed by atoms with Crippen LogP contribution in [0, 0.1) is 5.82 Å². The lowest BCUT2D eigenvalue weighted by atomic mass is 9.98. The maximum atomic E-state index is 13.0. The molecule has 1 aromatic rings. The molecule has 1 unspecified atom stereocenters. The number of allylic oxidation sites excluding steroid dienone is 1. The summed E-state index contributed by atoms with van der Waals surface area (Å²) < 4.78 is 17.6. The number of ether oxygens (including phenoxy) is 1. The molecule has 118 valence electrons. The SMILES string of the molecule is COC(=O)/C=C1\CCCN1CC(C(=O)O)c1ccc(F)cc1. The van der Waals surface area contributed by atoms with Crippen molar-refractivity contribution in [1.29, 1.82) is 0 Å². The van der Waals surface area contributed by atoms with Crippen LogP contribution in [0.3, 0.4) is 0 Å². The van der Waals surface area contributed by atoms with Crippen molar-refractivity contribution in [1.82, 2.24) is 4.90 Å². The first-order valence-corrected chi connectivity index (χ1v) is 7.03. The molecule has 2 rings (SSSR count). The average Bonchev–Trinajstić information content (AvgIpc) is 2.92. The van der Waals surface area contributed by atoms with Crippen molar-refractivity contribution >= 4 is 11.9 Å². The first-order chi connectivity index (χ1) is 10.5. The van der Waals surface area contributed by atoms with Crippen molar-refractivity contribution < 1.29 is 23.8 Å². The molecule has 0 aromatic heterocycles. The van der Waals surface area contributed by atoms with Gasteiger partial charge in [-0.25, -0.2) is 9.18 Å². The van der Waals surface area contributed by atoms with Gasteiger partial charge in [0.25, 0.3) is 0 Å². The molecule has 1 aromatic carbocycles. The van der Waals surface area contributed by atoms with Gasteiger partial charge in [0.15, 0.2) is 0 Å². The van der Waals surface area contributed by atoms with E-state index in [4.69, 9.17) is 0 Å². The summed E-state index contributed by atoms with van der Waals surface area (Å²) in [5, 5.41) is 9.44. The zero-order valence-electron chi connectivity index (χ0n) is 12.3. The summed E-state index contributed by atoms with van der Waals surface area (Å²) in [7, 11) is 1.30. The van der Waals surface area contributed by atoms with Gasteiger partial charge in [0, 0.05) is 24.9 Å². The van der Waals surface area contributed by atoms with Gasteiger partial charge in [-0.2, -0.15) is 0 Å². The molecule has 1 heterocycles. The fraction of sp³-hybridized carbons (Fsp3) is 0.375. The zero-order valence-corrected chi connectivity index (χ0v) is 12.3. The Morgan fingerprint density at radius 3 is 2.68 bits per heavy atom. The number of carboxylic acids is 1. The fourth-order valence-electron chi connectivity index (χ4n) is 2.56. The van der Waals surface area contributed by atoms with Gasteiger partial charge in [-0.05, 0) is 30.5 Å². The first kappa shape index (κ1) is 16.0. The van der Waals surface area contributed by atoms with E-state index in [2.05, 4.69) is 4.74 Å². The van der Waals surface area contributed by atoms with Crippen molar-refractivity contribution in [2.24, 2.45) is 0 Å². The Morgan fingerprint density at radius 2 is 2.09 bits per heavy atom. The zero-order chi connectivity index (χ0) is 16.1. The molecule has 1 fully saturated rings. The number of carboxylic acid groups (broad SMARTS) is 1. The summed E-state index contributed by atoms with van der Waals surface area (Å²) in [4.78, 5) is 24.8. The number of methoxy groups -OCH3 is 1. The summed E-state index contributed by atoms with van der Waals surface area (Å²) >= 11 is 0. The Hall–Kier alpha value is -2.37. The molecule has 0 radical (unpaired) electrons. The standard InChI is InChI=1S/C16H18FNO4/c1-22-15(19)9-13-3-2-8-18(13)10-14(16(20)21)11-4-6-12(17)7-5-11/h4-7,9,14H,2-3,8,10H2,1H3,(H,20,21)/b13-9+. The van der Waals surface area contributed by atoms with Crippen LogP contribution in [0.1, 0.15) is 24.3 Å². The van der Waals surface area contributed by atoms with E-state index in [0.29, 0.717) is 18.5 Å². The maximum Gasteiger partial charge on any atom is 0.332 e. The van der Waals surface area contributed by atoms with E-state index in [1.165, 1.54) is 37.5 Å². The second-order valence-electron chi connectivity index (χ2n) is 5.15. The molecule has 1 N–H and O–H groups in total. The number of halogens is 1. The van der Waals surface area contributed by atoms with Gasteiger partial charge in [-0.1, -0.05) is 12.1 Å². The molecular weight excluding hydrogens is 289 g/mol. The van der Waals surface area contributed by atoms with Crippen LogP contribution in [-0.4, -0.2) is 42.1 Å². The lowest BCUT2D eigenvalue weighted by molar-refractivity contribution is -0.139. The molecular formula is C16H18FNO4. The molecule has 0 saturated carbocycles. The number of hydrogen-bond acceptors (Lipinski definition) is 4. The third-order valence-electron chi connectivity index (χ3n) is 3.73. The number of carbonyl (C=O) groups excluding carboxylic acids is 1. The number of likely N-dealkylation sites (tertiary alicyclic amines) is 1. The van der Waals surface area contributed by atoms with Crippen molar-refractivity contribution in [2.75, 3.05) is 20.2 Å². The molecule has 5 nitrogen and oxygen atoms in total. The van der Waals surface area contributed by atoms with Crippen molar-refractivity contribution in [3.05, 3.63) is 47.4 Å². The normalized spacial score (nSPS) is 17.5. The number of carbonyl (C=O) groups is 2. The Bertz CT molecular complexity index is 582. The van der Waals surface area contributed by atoms with E-state index >= 15 is 0 Å². The van der Waals surface area contributed by atoms with Gasteiger partial charge in [0.2, 0.25) is 0 Å². The van der Waals surface area contributed by atoms with Gasteiger partial charge in [-0.3, -0.25) is 4.79 Å². The summed E-state index contributed by atoms with van der Waals surface area (Å²) in [5.74, 6) is -2.61. The number of benzene rings is 1. The summed E-state index contributed by atoms with van der Waals surface area (Å²) in [6.45, 7) is 0.928. The van der Waals surface area contributed by atoms with E-state index in [-0.39, 0.29) is 6.54 Å². The summed E-state index contributed by atoms with van der Waals surface area (Å²) in [6.07, 6.45) is 2.97. The average molecular weight is 307 g/mol. The van der Waals surface area contributed by atoms with E-state index in [9.17, 15) is 19.1 Å². The molecule has 1 aliphatic heterocycles. The third kappa shape index (κ3) is 3.84. The van der Waals surface area contributed by atoms with Gasteiger partial charge in [-0.15, -0.1) is 0 Å². The predicted molar refractivity (Wildman–Crippen MR) is 77.7 cm³/mol. The molecule has 0 spiro atoms. The van der Waals surface area contributed by atoms with E-state index in [1.807, 2.05) is 4.90 Å². The summed E-state index contributed by atoms with van der Waals surface area (Å²) in [6, 6.07) is 5.46. The quantitative estimate of drug-likeness (QED) is 0.667. The van der Waals surface area contributed by atoms with E-state index < -0.39 is 23.7 Å². The molecule has 0 aliphatic carbocycles. The lowest BCUT2D eigenvalue weighted by Gasteiger charge is -2.24. The van der Waals surface area contributed by atoms with Crippen LogP contribution in [0.5, 0.6) is 0 Å². The fourth-order valence-corrected chi connectivity index (χ4v) is 2.56. The highest BCUT2D eigenvalue weighted by Crippen LogP contribution is 2.26. The van der Waals surface area contributed by atoms with Crippen LogP contribution >= 0.6 is 0 Å². The van der Waals surface area contributed by atoms with Gasteiger partial charge < -0.3 is 14.7 Å². The van der Waals surface area contributed by atoms with E-state index in [1.54, 1.807) is 0 Å². The maximum absolute atomic E-state index is 13.0. The Kier molecular flexibility index (Phi) is 5.14. The van der Waals surface area contributed by atoms with Crippen LogP contribution in [0.2, 0.25) is 0 Å². The Morgan fingerprint density at radius 1 is 1.41 bits per heavy atom. The van der Waals surface area contributed by atoms with Gasteiger partial charge in [0.1, 0.15) is 5.82 Å². The lowest BCUT2D eigenvalue weighted by Crippen LogP contribution is -2.29. The van der Waals surface area contributed by atoms with Crippen LogP contribution in [0.4, 0.5) is 4.39 Å². The molecule has 22 heavy (non-hydrogen) atoms. The minimum atomic E-state index is -0.976. The number of aliphatic carboxylic acids is 1. The largest absolute Gasteiger partial charge is 0.481 e. The number of hydrogen-bond donors (Lipinski definition) is 1. The Balaban J connectivity index is 2.17. The second-order valence-corrected chi connectivity index (χ2v) is 5.15. The van der Waals surface area contributed by atoms with Crippen molar-refractivity contribution in [2.45, 2.75) is 18.8 Å². The first-order valence-electron chi connectivity index (χ1n) is 7.03. The smallest absolute Gasteiger partial charge is 0.332 e. The minimum absolute atomic E-state index is 0.240. The van der Waals surface area contributed by atoms with Crippen LogP contribution < -0.4 is 0 Å². The highest BCUT2D eigenvalue weighted by Gasteiger charge is 2.27. The minimum Gasteiger partial charge on any atom is -0.481 e. The molecule has 1 aliphatic rings. The predicted octanol–water partition coefficient (Wildman–Crippen LogP) is 2.15. The van der Waals surface area contributed by atoms with Crippen molar-refractivity contribution in [3.8, 4) is 0 Å². The molecule has 1 saturated heterocycles. The van der Waals surface area contributed by atoms with Crippen molar-refractivity contribution in [3.63, 3.8) is 0 Å². The third-order valence-corrected chi connectivity index (χ3v) is 3.73. The van der Waals surface area contributed by atoms with Crippen LogP contribution in [0.25, 0.3) is 0 Å². The molecule has 0 bridgehead atoms. The highest BCUT2D eigenvalue weighted by molar-refractivity contribution is 5.82. The summed E-state index contributed by atoms with van der Waals surface area (Å²) in [5.41, 5.74) is 1.32. The van der Waals surface area contributed by atoms with Crippen LogP contribution in [0.15, 0.2) is 36.0 Å². The second kappa shape index (κ2) is 7.06. The number of esters is 1. The van der Waals surface area contributed by atoms with E-state index in [0.717, 1.165) is 12.1 Å². The topological polar surface area (TPSA) is 66.8 Å². The Labute approximate surface area is 128 Å². The van der Waals surface area contributed by atoms with Gasteiger partial charge in [0.05, 0.1) is 13.0 Å². The van der Waals surface area contributed by atoms with Gasteiger partial charge >= 0.3 is 11.9 Å². The molecule has 1 atom stereocenters. The number of rotatable bonds is 5. The molecule has 6 heteroatoms.